The van der Waals surface area contributed by atoms with Crippen molar-refractivity contribution in [1.82, 2.24) is 19.4 Å². The molecule has 3 heterocycles. The van der Waals surface area contributed by atoms with Crippen molar-refractivity contribution in [2.75, 3.05) is 13.1 Å². The summed E-state index contributed by atoms with van der Waals surface area (Å²) in [5.41, 5.74) is -0.0496. The summed E-state index contributed by atoms with van der Waals surface area (Å²) in [6, 6.07) is 3.73. The van der Waals surface area contributed by atoms with Gasteiger partial charge in [0, 0.05) is 48.6 Å². The van der Waals surface area contributed by atoms with Crippen molar-refractivity contribution < 1.29 is 9.90 Å². The molecule has 5 rings (SSSR count). The van der Waals surface area contributed by atoms with Crippen molar-refractivity contribution in [3.05, 3.63) is 47.3 Å². The monoisotopic (exact) mass is 492 g/mol. The number of aromatic nitrogens is 3. The van der Waals surface area contributed by atoms with E-state index in [1.165, 1.54) is 38.3 Å². The third-order valence-corrected chi connectivity index (χ3v) is 9.26. The van der Waals surface area contributed by atoms with E-state index in [0.29, 0.717) is 31.1 Å². The molecule has 3 fully saturated rings. The molecule has 1 N–H and O–H groups in total. The second kappa shape index (κ2) is 10.4. The smallest absolute Gasteiger partial charge is 0.269 e. The SMILES string of the molecule is CC(CC1CCCCC1)C(=O)N1CCC(O)(Cn2cc(-c3ccncc3)ncc2=O)C2(CCCC2)C1. The molecule has 2 unspecified atom stereocenters. The van der Waals surface area contributed by atoms with Crippen LogP contribution in [0.15, 0.2) is 41.7 Å². The quantitative estimate of drug-likeness (QED) is 0.644. The van der Waals surface area contributed by atoms with Crippen LogP contribution in [0, 0.1) is 17.3 Å². The van der Waals surface area contributed by atoms with E-state index in [0.717, 1.165) is 37.7 Å². The minimum Gasteiger partial charge on any atom is -0.387 e. The second-order valence-electron chi connectivity index (χ2n) is 11.6. The van der Waals surface area contributed by atoms with Crippen molar-refractivity contribution in [3.8, 4) is 11.3 Å². The molecule has 36 heavy (non-hydrogen) atoms. The third kappa shape index (κ3) is 4.99. The average Bonchev–Trinajstić information content (AvgIpc) is 3.38. The lowest BCUT2D eigenvalue weighted by molar-refractivity contribution is -0.163. The van der Waals surface area contributed by atoms with Gasteiger partial charge in [-0.2, -0.15) is 0 Å². The Morgan fingerprint density at radius 2 is 1.83 bits per heavy atom. The first kappa shape index (κ1) is 25.1. The van der Waals surface area contributed by atoms with Gasteiger partial charge >= 0.3 is 0 Å². The predicted octanol–water partition coefficient (Wildman–Crippen LogP) is 4.44. The van der Waals surface area contributed by atoms with E-state index in [-0.39, 0.29) is 29.3 Å². The summed E-state index contributed by atoms with van der Waals surface area (Å²) in [4.78, 5) is 36.7. The third-order valence-electron chi connectivity index (χ3n) is 9.26. The van der Waals surface area contributed by atoms with Crippen LogP contribution >= 0.6 is 0 Å². The Kier molecular flexibility index (Phi) is 7.29. The zero-order valence-electron chi connectivity index (χ0n) is 21.6. The zero-order chi connectivity index (χ0) is 25.2. The molecule has 2 aromatic rings. The van der Waals surface area contributed by atoms with Gasteiger partial charge in [0.05, 0.1) is 24.0 Å². The first-order valence-electron chi connectivity index (χ1n) is 13.9. The number of nitrogens with zero attached hydrogens (tertiary/aromatic N) is 4. The highest BCUT2D eigenvalue weighted by atomic mass is 16.3. The lowest BCUT2D eigenvalue weighted by Crippen LogP contribution is -2.62. The Balaban J connectivity index is 1.34. The highest BCUT2D eigenvalue weighted by Gasteiger charge is 2.55. The molecule has 1 spiro atoms. The molecule has 1 amide bonds. The molecule has 2 atom stereocenters. The van der Waals surface area contributed by atoms with Crippen LogP contribution in [0.5, 0.6) is 0 Å². The standard InChI is InChI=1S/C29H40N4O3/c1-22(17-23-7-3-2-4-8-23)27(35)32-16-13-29(36,28(20-32)11-5-6-12-28)21-33-19-25(31-18-26(33)34)24-9-14-30-15-10-24/h9-10,14-15,18-19,22-23,36H,2-8,11-13,16-17,20-21H2,1H3. The number of aliphatic hydroxyl groups is 1. The summed E-state index contributed by atoms with van der Waals surface area (Å²) in [5.74, 6) is 0.950. The van der Waals surface area contributed by atoms with E-state index in [4.69, 9.17) is 0 Å². The Bertz CT molecular complexity index is 1110. The number of amides is 1. The number of pyridine rings is 1. The van der Waals surface area contributed by atoms with E-state index in [9.17, 15) is 14.7 Å². The number of rotatable bonds is 6. The van der Waals surface area contributed by atoms with Gasteiger partial charge in [0.1, 0.15) is 0 Å². The fourth-order valence-corrected chi connectivity index (χ4v) is 7.14. The molecular weight excluding hydrogens is 452 g/mol. The van der Waals surface area contributed by atoms with E-state index in [1.54, 1.807) is 23.2 Å². The number of carbonyl (C=O) groups excluding carboxylic acids is 1. The minimum atomic E-state index is -1.03. The van der Waals surface area contributed by atoms with Crippen LogP contribution in [0.1, 0.15) is 77.6 Å². The highest BCUT2D eigenvalue weighted by molar-refractivity contribution is 5.78. The van der Waals surface area contributed by atoms with E-state index in [1.807, 2.05) is 17.0 Å². The topological polar surface area (TPSA) is 88.3 Å². The maximum atomic E-state index is 13.5. The molecule has 1 saturated heterocycles. The largest absolute Gasteiger partial charge is 0.387 e. The molecule has 0 aromatic carbocycles. The van der Waals surface area contributed by atoms with Crippen molar-refractivity contribution in [2.45, 2.75) is 89.7 Å². The van der Waals surface area contributed by atoms with Crippen LogP contribution in [0.2, 0.25) is 0 Å². The van der Waals surface area contributed by atoms with Gasteiger partial charge < -0.3 is 14.6 Å². The first-order chi connectivity index (χ1) is 17.4. The van der Waals surface area contributed by atoms with Crippen LogP contribution in [0.3, 0.4) is 0 Å². The second-order valence-corrected chi connectivity index (χ2v) is 11.6. The molecule has 2 aliphatic carbocycles. The predicted molar refractivity (Wildman–Crippen MR) is 139 cm³/mol. The summed E-state index contributed by atoms with van der Waals surface area (Å²) >= 11 is 0. The Morgan fingerprint density at radius 3 is 2.56 bits per heavy atom. The van der Waals surface area contributed by atoms with Crippen molar-refractivity contribution in [3.63, 3.8) is 0 Å². The van der Waals surface area contributed by atoms with Crippen molar-refractivity contribution in [1.29, 1.82) is 0 Å². The van der Waals surface area contributed by atoms with Crippen LogP contribution in [-0.2, 0) is 11.3 Å². The summed E-state index contributed by atoms with van der Waals surface area (Å²) < 4.78 is 1.62. The van der Waals surface area contributed by atoms with Crippen LogP contribution in [0.4, 0.5) is 0 Å². The van der Waals surface area contributed by atoms with E-state index in [2.05, 4.69) is 16.9 Å². The van der Waals surface area contributed by atoms with E-state index >= 15 is 0 Å². The van der Waals surface area contributed by atoms with Gasteiger partial charge in [-0.05, 0) is 43.7 Å². The van der Waals surface area contributed by atoms with Crippen LogP contribution < -0.4 is 5.56 Å². The Labute approximate surface area is 214 Å². The minimum absolute atomic E-state index is 0.0310. The maximum absolute atomic E-state index is 13.5. The summed E-state index contributed by atoms with van der Waals surface area (Å²) in [6.45, 7) is 3.46. The van der Waals surface area contributed by atoms with Gasteiger partial charge in [0.15, 0.2) is 0 Å². The molecule has 7 heteroatoms. The Hall–Kier alpha value is -2.54. The molecule has 194 valence electrons. The van der Waals surface area contributed by atoms with Gasteiger partial charge in [0.25, 0.3) is 5.56 Å². The number of hydrogen-bond acceptors (Lipinski definition) is 5. The molecular formula is C29H40N4O3. The van der Waals surface area contributed by atoms with Gasteiger partial charge in [-0.15, -0.1) is 0 Å². The zero-order valence-corrected chi connectivity index (χ0v) is 21.6. The molecule has 3 aliphatic rings. The van der Waals surface area contributed by atoms with Crippen LogP contribution in [-0.4, -0.2) is 49.1 Å². The van der Waals surface area contributed by atoms with Gasteiger partial charge in [-0.25, -0.2) is 4.98 Å². The first-order valence-corrected chi connectivity index (χ1v) is 13.9. The molecule has 0 bridgehead atoms. The Morgan fingerprint density at radius 1 is 1.11 bits per heavy atom. The fourth-order valence-electron chi connectivity index (χ4n) is 7.14. The normalized spacial score (nSPS) is 25.2. The molecule has 7 nitrogen and oxygen atoms in total. The molecule has 2 saturated carbocycles. The molecule has 0 radical (unpaired) electrons. The number of likely N-dealkylation sites (tertiary alicyclic amines) is 1. The summed E-state index contributed by atoms with van der Waals surface area (Å²) in [6.07, 6.45) is 18.3. The lowest BCUT2D eigenvalue weighted by atomic mass is 9.65. The van der Waals surface area contributed by atoms with Crippen LogP contribution in [0.25, 0.3) is 11.3 Å². The van der Waals surface area contributed by atoms with Gasteiger partial charge in [0.2, 0.25) is 5.91 Å². The lowest BCUT2D eigenvalue weighted by Gasteiger charge is -2.52. The number of hydrogen-bond donors (Lipinski definition) is 1. The molecule has 1 aliphatic heterocycles. The average molecular weight is 493 g/mol. The van der Waals surface area contributed by atoms with E-state index < -0.39 is 5.60 Å². The summed E-state index contributed by atoms with van der Waals surface area (Å²) in [5, 5.41) is 12.1. The highest BCUT2D eigenvalue weighted by Crippen LogP contribution is 2.52. The molecule has 2 aromatic heterocycles. The van der Waals surface area contributed by atoms with Gasteiger partial charge in [-0.3, -0.25) is 14.6 Å². The maximum Gasteiger partial charge on any atom is 0.269 e. The van der Waals surface area contributed by atoms with Gasteiger partial charge in [-0.1, -0.05) is 51.9 Å². The fraction of sp³-hybridized carbons (Fsp3) is 0.655. The van der Waals surface area contributed by atoms with Crippen molar-refractivity contribution >= 4 is 5.91 Å². The number of piperidine rings is 1. The summed E-state index contributed by atoms with van der Waals surface area (Å²) in [7, 11) is 0. The van der Waals surface area contributed by atoms with Crippen molar-refractivity contribution in [2.24, 2.45) is 17.3 Å². The number of carbonyl (C=O) groups is 1.